The molecule has 0 saturated carbocycles. The molecule has 1 amide bonds. The number of rotatable bonds is 8. The van der Waals surface area contributed by atoms with Gasteiger partial charge in [0.15, 0.2) is 0 Å². The highest BCUT2D eigenvalue weighted by atomic mass is 35.5. The maximum atomic E-state index is 12.8. The molecule has 2 aromatic carbocycles. The molecule has 2 rings (SSSR count). The van der Waals surface area contributed by atoms with Crippen LogP contribution in [0.2, 0.25) is 5.02 Å². The Hall–Kier alpha value is -2.05. The fourth-order valence-electron chi connectivity index (χ4n) is 3.06. The highest BCUT2D eigenvalue weighted by molar-refractivity contribution is 7.92. The summed E-state index contributed by atoms with van der Waals surface area (Å²) >= 11 is 6.06. The van der Waals surface area contributed by atoms with Crippen LogP contribution in [0.5, 0.6) is 0 Å². The third kappa shape index (κ3) is 5.97. The maximum Gasteiger partial charge on any atom is 0.243 e. The first-order valence-corrected chi connectivity index (χ1v) is 11.4. The van der Waals surface area contributed by atoms with Crippen LogP contribution in [-0.4, -0.2) is 32.7 Å². The smallest absolute Gasteiger partial charge is 0.243 e. The number of anilines is 1. The van der Waals surface area contributed by atoms with E-state index in [4.69, 9.17) is 11.6 Å². The summed E-state index contributed by atoms with van der Waals surface area (Å²) in [6, 6.07) is 14.0. The van der Waals surface area contributed by atoms with Crippen LogP contribution < -0.4 is 9.62 Å². The molecule has 0 fully saturated rings. The summed E-state index contributed by atoms with van der Waals surface area (Å²) in [5.74, 6) is -0.342. The number of hydrogen-bond donors (Lipinski definition) is 1. The monoisotopic (exact) mass is 422 g/mol. The third-order valence-electron chi connectivity index (χ3n) is 4.59. The van der Waals surface area contributed by atoms with Crippen LogP contribution in [0.4, 0.5) is 5.69 Å². The van der Waals surface area contributed by atoms with Crippen molar-refractivity contribution in [1.29, 1.82) is 0 Å². The first-order valence-electron chi connectivity index (χ1n) is 9.19. The number of hydrogen-bond acceptors (Lipinski definition) is 3. The summed E-state index contributed by atoms with van der Waals surface area (Å²) in [7, 11) is -3.68. The minimum absolute atomic E-state index is 0.0861. The van der Waals surface area contributed by atoms with E-state index in [1.54, 1.807) is 32.0 Å². The van der Waals surface area contributed by atoms with Gasteiger partial charge in [-0.25, -0.2) is 8.42 Å². The summed E-state index contributed by atoms with van der Waals surface area (Å²) < 4.78 is 26.0. The highest BCUT2D eigenvalue weighted by Crippen LogP contribution is 2.28. The van der Waals surface area contributed by atoms with Crippen LogP contribution >= 0.6 is 11.6 Å². The number of benzene rings is 2. The summed E-state index contributed by atoms with van der Waals surface area (Å²) in [4.78, 5) is 12.8. The van der Waals surface area contributed by atoms with Crippen LogP contribution in [0.25, 0.3) is 0 Å². The topological polar surface area (TPSA) is 66.5 Å². The average Bonchev–Trinajstić information content (AvgIpc) is 2.62. The van der Waals surface area contributed by atoms with E-state index >= 15 is 0 Å². The lowest BCUT2D eigenvalue weighted by molar-refractivity contribution is -0.122. The molecule has 2 atom stereocenters. The minimum atomic E-state index is -3.68. The number of nitrogens with zero attached hydrogens (tertiary/aromatic N) is 1. The highest BCUT2D eigenvalue weighted by Gasteiger charge is 2.30. The molecule has 0 aliphatic carbocycles. The van der Waals surface area contributed by atoms with Crippen molar-refractivity contribution in [2.24, 2.45) is 0 Å². The van der Waals surface area contributed by atoms with Crippen LogP contribution in [0.1, 0.15) is 31.4 Å². The second kappa shape index (κ2) is 9.43. The third-order valence-corrected chi connectivity index (χ3v) is 6.06. The Kier molecular flexibility index (Phi) is 7.49. The summed E-state index contributed by atoms with van der Waals surface area (Å²) in [5, 5.41) is 3.34. The largest absolute Gasteiger partial charge is 0.352 e. The molecule has 0 aromatic heterocycles. The molecule has 1 N–H and O–H groups in total. The van der Waals surface area contributed by atoms with Crippen molar-refractivity contribution in [3.05, 3.63) is 64.7 Å². The average molecular weight is 423 g/mol. The molecule has 5 nitrogen and oxygen atoms in total. The standard InChI is InChI=1S/C21H27ClN2O3S/c1-15-10-13-19(22)14-20(15)24(28(4,26)27)17(3)21(25)23-16(2)11-12-18-8-6-5-7-9-18/h5-10,13-14,16-17H,11-12H2,1-4H3,(H,23,25)/t16-,17-/m1/s1. The van der Waals surface area contributed by atoms with E-state index in [-0.39, 0.29) is 11.9 Å². The number of aryl methyl sites for hydroxylation is 2. The van der Waals surface area contributed by atoms with Crippen molar-refractivity contribution in [2.75, 3.05) is 10.6 Å². The van der Waals surface area contributed by atoms with E-state index in [0.29, 0.717) is 10.7 Å². The van der Waals surface area contributed by atoms with Gasteiger partial charge in [0.2, 0.25) is 15.9 Å². The number of halogens is 1. The van der Waals surface area contributed by atoms with E-state index in [2.05, 4.69) is 5.32 Å². The number of nitrogens with one attached hydrogen (secondary N) is 1. The molecule has 0 aliphatic rings. The zero-order valence-electron chi connectivity index (χ0n) is 16.6. The molecule has 0 heterocycles. The van der Waals surface area contributed by atoms with Gasteiger partial charge in [0.1, 0.15) is 6.04 Å². The van der Waals surface area contributed by atoms with Gasteiger partial charge in [-0.1, -0.05) is 48.0 Å². The van der Waals surface area contributed by atoms with Crippen LogP contribution in [-0.2, 0) is 21.2 Å². The van der Waals surface area contributed by atoms with E-state index < -0.39 is 16.1 Å². The van der Waals surface area contributed by atoms with Crippen LogP contribution in [0, 0.1) is 6.92 Å². The van der Waals surface area contributed by atoms with Gasteiger partial charge in [0, 0.05) is 11.1 Å². The number of sulfonamides is 1. The van der Waals surface area contributed by atoms with Crippen molar-refractivity contribution in [2.45, 2.75) is 45.7 Å². The second-order valence-electron chi connectivity index (χ2n) is 7.10. The van der Waals surface area contributed by atoms with Crippen molar-refractivity contribution in [3.8, 4) is 0 Å². The Bertz CT molecular complexity index is 917. The predicted molar refractivity (Wildman–Crippen MR) is 115 cm³/mol. The lowest BCUT2D eigenvalue weighted by Crippen LogP contribution is -2.50. The number of carbonyl (C=O) groups is 1. The van der Waals surface area contributed by atoms with Gasteiger partial charge in [-0.3, -0.25) is 9.10 Å². The molecule has 2 aromatic rings. The zero-order chi connectivity index (χ0) is 20.9. The Morgan fingerprint density at radius 1 is 1.14 bits per heavy atom. The Morgan fingerprint density at radius 2 is 1.79 bits per heavy atom. The van der Waals surface area contributed by atoms with Crippen molar-refractivity contribution in [1.82, 2.24) is 5.32 Å². The molecule has 0 radical (unpaired) electrons. The first-order chi connectivity index (χ1) is 13.1. The van der Waals surface area contributed by atoms with Gasteiger partial charge in [-0.2, -0.15) is 0 Å². The van der Waals surface area contributed by atoms with Gasteiger partial charge in [0.05, 0.1) is 11.9 Å². The van der Waals surface area contributed by atoms with Crippen LogP contribution in [0.15, 0.2) is 48.5 Å². The summed E-state index contributed by atoms with van der Waals surface area (Å²) in [6.07, 6.45) is 2.69. The van der Waals surface area contributed by atoms with Gasteiger partial charge >= 0.3 is 0 Å². The molecular formula is C21H27ClN2O3S. The van der Waals surface area contributed by atoms with Gasteiger partial charge in [-0.05, 0) is 56.9 Å². The maximum absolute atomic E-state index is 12.8. The Morgan fingerprint density at radius 3 is 2.39 bits per heavy atom. The molecule has 0 unspecified atom stereocenters. The fourth-order valence-corrected chi connectivity index (χ4v) is 4.45. The molecule has 7 heteroatoms. The SMILES string of the molecule is Cc1ccc(Cl)cc1N([C@H](C)C(=O)N[C@H](C)CCc1ccccc1)S(C)(=O)=O. The Labute approximate surface area is 172 Å². The lowest BCUT2D eigenvalue weighted by atomic mass is 10.1. The fraction of sp³-hybridized carbons (Fsp3) is 0.381. The molecule has 0 spiro atoms. The van der Waals surface area contributed by atoms with E-state index in [1.165, 1.54) is 5.56 Å². The number of amides is 1. The first kappa shape index (κ1) is 22.2. The zero-order valence-corrected chi connectivity index (χ0v) is 18.2. The quantitative estimate of drug-likeness (QED) is 0.700. The number of carbonyl (C=O) groups excluding carboxylic acids is 1. The van der Waals surface area contributed by atoms with Crippen molar-refractivity contribution < 1.29 is 13.2 Å². The lowest BCUT2D eigenvalue weighted by Gasteiger charge is -2.30. The van der Waals surface area contributed by atoms with Gasteiger partial charge in [0.25, 0.3) is 0 Å². The van der Waals surface area contributed by atoms with E-state index in [9.17, 15) is 13.2 Å². The summed E-state index contributed by atoms with van der Waals surface area (Å²) in [5.41, 5.74) is 2.34. The van der Waals surface area contributed by atoms with E-state index in [0.717, 1.165) is 29.0 Å². The van der Waals surface area contributed by atoms with Gasteiger partial charge < -0.3 is 5.32 Å². The van der Waals surface area contributed by atoms with Crippen LogP contribution in [0.3, 0.4) is 0 Å². The Balaban J connectivity index is 2.12. The summed E-state index contributed by atoms with van der Waals surface area (Å²) in [6.45, 7) is 5.29. The van der Waals surface area contributed by atoms with E-state index in [1.807, 2.05) is 37.3 Å². The minimum Gasteiger partial charge on any atom is -0.352 e. The molecule has 28 heavy (non-hydrogen) atoms. The van der Waals surface area contributed by atoms with Crippen molar-refractivity contribution in [3.63, 3.8) is 0 Å². The second-order valence-corrected chi connectivity index (χ2v) is 9.40. The molecular weight excluding hydrogens is 396 g/mol. The van der Waals surface area contributed by atoms with Gasteiger partial charge in [-0.15, -0.1) is 0 Å². The predicted octanol–water partition coefficient (Wildman–Crippen LogP) is 3.94. The molecule has 0 bridgehead atoms. The normalized spacial score (nSPS) is 13.6. The molecule has 0 saturated heterocycles. The molecule has 0 aliphatic heterocycles. The van der Waals surface area contributed by atoms with Crippen molar-refractivity contribution >= 4 is 33.2 Å². The molecule has 152 valence electrons.